The van der Waals surface area contributed by atoms with Crippen molar-refractivity contribution in [1.82, 2.24) is 10.6 Å². The molecule has 0 aliphatic rings. The van der Waals surface area contributed by atoms with E-state index in [0.717, 1.165) is 6.26 Å². The molecule has 0 radical (unpaired) electrons. The molecule has 1 rings (SSSR count). The van der Waals surface area contributed by atoms with Gasteiger partial charge < -0.3 is 10.6 Å². The van der Waals surface area contributed by atoms with E-state index in [2.05, 4.69) is 15.4 Å². The first kappa shape index (κ1) is 15.3. The Morgan fingerprint density at radius 2 is 1.95 bits per heavy atom. The summed E-state index contributed by atoms with van der Waals surface area (Å²) in [5.74, 6) is 0. The van der Waals surface area contributed by atoms with Crippen molar-refractivity contribution in [3.05, 3.63) is 29.8 Å². The Bertz CT molecular complexity index is 543. The Morgan fingerprint density at radius 3 is 2.53 bits per heavy atom. The molecule has 0 spiro atoms. The zero-order valence-electron chi connectivity index (χ0n) is 11.2. The van der Waals surface area contributed by atoms with Crippen molar-refractivity contribution in [1.29, 1.82) is 0 Å². The van der Waals surface area contributed by atoms with Crippen molar-refractivity contribution in [3.8, 4) is 0 Å². The van der Waals surface area contributed by atoms with Gasteiger partial charge in [0.05, 0.1) is 18.0 Å². The number of anilines is 1. The molecule has 0 saturated carbocycles. The van der Waals surface area contributed by atoms with Crippen LogP contribution < -0.4 is 15.4 Å². The summed E-state index contributed by atoms with van der Waals surface area (Å²) >= 11 is 0. The van der Waals surface area contributed by atoms with Crippen LogP contribution in [0.25, 0.3) is 0 Å². The minimum Gasteiger partial charge on any atom is -0.338 e. The maximum atomic E-state index is 11.5. The topological polar surface area (TPSA) is 87.3 Å². The van der Waals surface area contributed by atoms with Crippen LogP contribution in [0.15, 0.2) is 24.3 Å². The van der Waals surface area contributed by atoms with Crippen molar-refractivity contribution < 1.29 is 13.2 Å². The zero-order valence-corrected chi connectivity index (χ0v) is 12.0. The molecule has 106 valence electrons. The van der Waals surface area contributed by atoms with E-state index in [1.54, 1.807) is 31.2 Å². The summed E-state index contributed by atoms with van der Waals surface area (Å²) in [6, 6.07) is 6.35. The van der Waals surface area contributed by atoms with Gasteiger partial charge in [-0.25, -0.2) is 13.2 Å². The summed E-state index contributed by atoms with van der Waals surface area (Å²) in [6.45, 7) is 4.14. The first-order valence-electron chi connectivity index (χ1n) is 5.94. The Balaban J connectivity index is 2.90. The van der Waals surface area contributed by atoms with Crippen LogP contribution >= 0.6 is 0 Å². The highest BCUT2D eigenvalue weighted by Gasteiger charge is 2.14. The molecule has 0 heterocycles. The Morgan fingerprint density at radius 1 is 1.32 bits per heavy atom. The number of hydrogen-bond acceptors (Lipinski definition) is 3. The molecule has 3 N–H and O–H groups in total. The van der Waals surface area contributed by atoms with E-state index in [1.807, 2.05) is 6.92 Å². The maximum absolute atomic E-state index is 11.5. The molecular weight excluding hydrogens is 266 g/mol. The standard InChI is InChI=1S/C12H19N3O3S/c1-4-13-12(16)14-9(2)10-7-5-6-8-11(10)15-19(3,17)18/h5-9,15H,4H2,1-3H3,(H2,13,14,16)/t9-/m0/s1. The van der Waals surface area contributed by atoms with E-state index >= 15 is 0 Å². The van der Waals surface area contributed by atoms with E-state index in [9.17, 15) is 13.2 Å². The number of rotatable bonds is 5. The number of amides is 2. The normalized spacial score (nSPS) is 12.6. The van der Waals surface area contributed by atoms with E-state index in [4.69, 9.17) is 0 Å². The minimum absolute atomic E-state index is 0.288. The lowest BCUT2D eigenvalue weighted by molar-refractivity contribution is 0.238. The quantitative estimate of drug-likeness (QED) is 0.765. The third-order valence-corrected chi connectivity index (χ3v) is 3.00. The number of nitrogens with one attached hydrogen (secondary N) is 3. The summed E-state index contributed by atoms with van der Waals surface area (Å²) in [5, 5.41) is 5.36. The van der Waals surface area contributed by atoms with Crippen LogP contribution in [-0.4, -0.2) is 27.2 Å². The van der Waals surface area contributed by atoms with Gasteiger partial charge in [-0.3, -0.25) is 4.72 Å². The van der Waals surface area contributed by atoms with Gasteiger partial charge in [0, 0.05) is 6.54 Å². The third kappa shape index (κ3) is 5.17. The fourth-order valence-corrected chi connectivity index (χ4v) is 2.24. The molecule has 2 amide bonds. The van der Waals surface area contributed by atoms with Gasteiger partial charge >= 0.3 is 6.03 Å². The molecular formula is C12H19N3O3S. The number of hydrogen-bond donors (Lipinski definition) is 3. The number of carbonyl (C=O) groups excluding carboxylic acids is 1. The van der Waals surface area contributed by atoms with Gasteiger partial charge in [-0.1, -0.05) is 18.2 Å². The van der Waals surface area contributed by atoms with Crippen LogP contribution in [0, 0.1) is 0 Å². The van der Waals surface area contributed by atoms with Gasteiger partial charge in [-0.2, -0.15) is 0 Å². The number of sulfonamides is 1. The lowest BCUT2D eigenvalue weighted by Gasteiger charge is -2.18. The number of para-hydroxylation sites is 1. The molecule has 0 aromatic heterocycles. The molecule has 0 saturated heterocycles. The van der Waals surface area contributed by atoms with Crippen LogP contribution in [0.2, 0.25) is 0 Å². The van der Waals surface area contributed by atoms with Crippen molar-refractivity contribution in [2.75, 3.05) is 17.5 Å². The molecule has 0 bridgehead atoms. The summed E-state index contributed by atoms with van der Waals surface area (Å²) in [4.78, 5) is 11.5. The molecule has 6 nitrogen and oxygen atoms in total. The predicted octanol–water partition coefficient (Wildman–Crippen LogP) is 1.44. The van der Waals surface area contributed by atoms with Gasteiger partial charge in [0.1, 0.15) is 0 Å². The zero-order chi connectivity index (χ0) is 14.5. The van der Waals surface area contributed by atoms with Crippen molar-refractivity contribution >= 4 is 21.7 Å². The van der Waals surface area contributed by atoms with Crippen molar-refractivity contribution in [2.24, 2.45) is 0 Å². The van der Waals surface area contributed by atoms with Crippen molar-refractivity contribution in [3.63, 3.8) is 0 Å². The van der Waals surface area contributed by atoms with Crippen molar-refractivity contribution in [2.45, 2.75) is 19.9 Å². The maximum Gasteiger partial charge on any atom is 0.315 e. The van der Waals surface area contributed by atoms with Gasteiger partial charge in [0.25, 0.3) is 0 Å². The number of carbonyl (C=O) groups is 1. The van der Waals surface area contributed by atoms with Gasteiger partial charge in [-0.15, -0.1) is 0 Å². The summed E-state index contributed by atoms with van der Waals surface area (Å²) in [6.07, 6.45) is 1.09. The average molecular weight is 285 g/mol. The van der Waals surface area contributed by atoms with Crippen LogP contribution in [0.4, 0.5) is 10.5 Å². The van der Waals surface area contributed by atoms with E-state index in [1.165, 1.54) is 0 Å². The largest absolute Gasteiger partial charge is 0.338 e. The molecule has 0 aliphatic carbocycles. The molecule has 19 heavy (non-hydrogen) atoms. The number of urea groups is 1. The molecule has 0 fully saturated rings. The number of benzene rings is 1. The smallest absolute Gasteiger partial charge is 0.315 e. The molecule has 7 heteroatoms. The molecule has 0 unspecified atom stereocenters. The van der Waals surface area contributed by atoms with Crippen LogP contribution in [0.1, 0.15) is 25.5 Å². The highest BCUT2D eigenvalue weighted by molar-refractivity contribution is 7.92. The van der Waals surface area contributed by atoms with E-state index in [-0.39, 0.29) is 12.1 Å². The lowest BCUT2D eigenvalue weighted by atomic mass is 10.1. The van der Waals surface area contributed by atoms with Crippen LogP contribution in [-0.2, 0) is 10.0 Å². The fraction of sp³-hybridized carbons (Fsp3) is 0.417. The Labute approximate surface area is 113 Å². The fourth-order valence-electron chi connectivity index (χ4n) is 1.65. The van der Waals surface area contributed by atoms with E-state index < -0.39 is 10.0 Å². The predicted molar refractivity (Wildman–Crippen MR) is 75.5 cm³/mol. The minimum atomic E-state index is -3.35. The second kappa shape index (κ2) is 6.42. The summed E-state index contributed by atoms with van der Waals surface area (Å²) < 4.78 is 25.0. The molecule has 1 aromatic carbocycles. The second-order valence-electron chi connectivity index (χ2n) is 4.19. The Hall–Kier alpha value is -1.76. The lowest BCUT2D eigenvalue weighted by Crippen LogP contribution is -2.37. The highest BCUT2D eigenvalue weighted by atomic mass is 32.2. The van der Waals surface area contributed by atoms with Crippen LogP contribution in [0.3, 0.4) is 0 Å². The summed E-state index contributed by atoms with van der Waals surface area (Å²) in [5.41, 5.74) is 1.17. The van der Waals surface area contributed by atoms with Crippen LogP contribution in [0.5, 0.6) is 0 Å². The third-order valence-electron chi connectivity index (χ3n) is 2.41. The molecule has 1 aromatic rings. The summed E-state index contributed by atoms with van der Waals surface area (Å²) in [7, 11) is -3.35. The van der Waals surface area contributed by atoms with E-state index in [0.29, 0.717) is 17.8 Å². The first-order chi connectivity index (χ1) is 8.83. The Kier molecular flexibility index (Phi) is 5.17. The highest BCUT2D eigenvalue weighted by Crippen LogP contribution is 2.23. The first-order valence-corrected chi connectivity index (χ1v) is 7.83. The second-order valence-corrected chi connectivity index (χ2v) is 5.94. The van der Waals surface area contributed by atoms with Gasteiger partial charge in [0.2, 0.25) is 10.0 Å². The average Bonchev–Trinajstić information content (AvgIpc) is 2.27. The SMILES string of the molecule is CCNC(=O)N[C@@H](C)c1ccccc1NS(C)(=O)=O. The van der Waals surface area contributed by atoms with Gasteiger partial charge in [0.15, 0.2) is 0 Å². The van der Waals surface area contributed by atoms with Gasteiger partial charge in [-0.05, 0) is 25.5 Å². The molecule has 0 aliphatic heterocycles. The monoisotopic (exact) mass is 285 g/mol. The molecule has 1 atom stereocenters.